The third-order valence-electron chi connectivity index (χ3n) is 3.51. The summed E-state index contributed by atoms with van der Waals surface area (Å²) in [5, 5.41) is 11.2. The quantitative estimate of drug-likeness (QED) is 0.880. The van der Waals surface area contributed by atoms with Crippen molar-refractivity contribution in [3.05, 3.63) is 36.0 Å². The summed E-state index contributed by atoms with van der Waals surface area (Å²) in [6.07, 6.45) is 2.44. The summed E-state index contributed by atoms with van der Waals surface area (Å²) in [6, 6.07) is 7.81. The largest absolute Gasteiger partial charge is 0.477 e. The molecule has 0 unspecified atom stereocenters. The first-order valence-corrected chi connectivity index (χ1v) is 6.73. The van der Waals surface area contributed by atoms with Gasteiger partial charge in [-0.15, -0.1) is 0 Å². The predicted octanol–water partition coefficient (Wildman–Crippen LogP) is 2.92. The molecule has 0 atom stereocenters. The van der Waals surface area contributed by atoms with Crippen LogP contribution >= 0.6 is 0 Å². The van der Waals surface area contributed by atoms with E-state index in [0.29, 0.717) is 12.5 Å². The summed E-state index contributed by atoms with van der Waals surface area (Å²) in [7, 11) is 1.70. The average molecular weight is 275 g/mol. The van der Waals surface area contributed by atoms with Crippen LogP contribution in [0.4, 0.5) is 0 Å². The molecule has 0 spiro atoms. The molecular weight excluding hydrogens is 254 g/mol. The lowest BCUT2D eigenvalue weighted by atomic mass is 10.1. The second-order valence-corrected chi connectivity index (χ2v) is 5.35. The Kier molecular flexibility index (Phi) is 4.57. The minimum absolute atomic E-state index is 0.0233. The Bertz CT molecular complexity index is 581. The van der Waals surface area contributed by atoms with Gasteiger partial charge >= 0.3 is 0 Å². The van der Waals surface area contributed by atoms with Crippen LogP contribution in [0.2, 0.25) is 0 Å². The van der Waals surface area contributed by atoms with Gasteiger partial charge in [-0.05, 0) is 25.3 Å². The minimum Gasteiger partial charge on any atom is -0.477 e. The van der Waals surface area contributed by atoms with Gasteiger partial charge in [0.2, 0.25) is 5.88 Å². The number of nitrogens with zero attached hydrogens (tertiary/aromatic N) is 1. The van der Waals surface area contributed by atoms with Gasteiger partial charge in [0.15, 0.2) is 0 Å². The fourth-order valence-corrected chi connectivity index (χ4v) is 1.96. The molecule has 0 aliphatic carbocycles. The van der Waals surface area contributed by atoms with Crippen LogP contribution in [-0.2, 0) is 11.3 Å². The molecule has 1 N–H and O–H groups in total. The van der Waals surface area contributed by atoms with E-state index < -0.39 is 0 Å². The van der Waals surface area contributed by atoms with Crippen LogP contribution in [0.25, 0.3) is 10.8 Å². The smallest absolute Gasteiger partial charge is 0.221 e. The third-order valence-corrected chi connectivity index (χ3v) is 3.51. The fourth-order valence-electron chi connectivity index (χ4n) is 1.96. The highest BCUT2D eigenvalue weighted by molar-refractivity contribution is 5.89. The molecular formula is C16H21NO3. The normalized spacial score (nSPS) is 11.8. The van der Waals surface area contributed by atoms with E-state index in [1.54, 1.807) is 13.3 Å². The molecule has 0 aliphatic rings. The number of pyridine rings is 1. The van der Waals surface area contributed by atoms with Gasteiger partial charge in [0, 0.05) is 30.7 Å². The number of aliphatic hydroxyl groups excluding tert-OH is 1. The zero-order chi connectivity index (χ0) is 14.6. The van der Waals surface area contributed by atoms with Gasteiger partial charge in [-0.2, -0.15) is 0 Å². The van der Waals surface area contributed by atoms with Crippen molar-refractivity contribution in [1.29, 1.82) is 0 Å². The van der Waals surface area contributed by atoms with E-state index in [1.807, 2.05) is 38.1 Å². The number of hydrogen-bond donors (Lipinski definition) is 1. The second kappa shape index (κ2) is 6.20. The van der Waals surface area contributed by atoms with Crippen molar-refractivity contribution in [2.45, 2.75) is 32.5 Å². The Hall–Kier alpha value is -1.65. The first-order chi connectivity index (χ1) is 9.57. The lowest BCUT2D eigenvalue weighted by molar-refractivity contribution is 0.00522. The maximum atomic E-state index is 9.34. The van der Waals surface area contributed by atoms with Crippen molar-refractivity contribution < 1.29 is 14.6 Å². The van der Waals surface area contributed by atoms with Crippen molar-refractivity contribution in [3.8, 4) is 5.88 Å². The molecule has 1 aromatic carbocycles. The lowest BCUT2D eigenvalue weighted by Crippen LogP contribution is -2.25. The zero-order valence-corrected chi connectivity index (χ0v) is 12.2. The maximum Gasteiger partial charge on any atom is 0.221 e. The van der Waals surface area contributed by atoms with Crippen LogP contribution < -0.4 is 4.74 Å². The van der Waals surface area contributed by atoms with Gasteiger partial charge in [0.05, 0.1) is 18.8 Å². The van der Waals surface area contributed by atoms with E-state index in [-0.39, 0.29) is 12.2 Å². The first-order valence-electron chi connectivity index (χ1n) is 6.73. The molecule has 0 amide bonds. The Morgan fingerprint density at radius 2 is 1.90 bits per heavy atom. The molecule has 1 heterocycles. The van der Waals surface area contributed by atoms with Crippen molar-refractivity contribution >= 4 is 10.8 Å². The van der Waals surface area contributed by atoms with E-state index in [0.717, 1.165) is 22.8 Å². The standard InChI is InChI=1S/C16H21NO3/c1-16(2,19-3)8-9-20-15-14-7-5-4-6-13(14)12(11-18)10-17-15/h4-7,10,18H,8-9,11H2,1-3H3. The van der Waals surface area contributed by atoms with Crippen molar-refractivity contribution in [2.75, 3.05) is 13.7 Å². The first kappa shape index (κ1) is 14.8. The van der Waals surface area contributed by atoms with Gasteiger partial charge < -0.3 is 14.6 Å². The monoisotopic (exact) mass is 275 g/mol. The Morgan fingerprint density at radius 3 is 2.55 bits per heavy atom. The summed E-state index contributed by atoms with van der Waals surface area (Å²) in [5.74, 6) is 0.602. The van der Waals surface area contributed by atoms with Gasteiger partial charge in [-0.1, -0.05) is 18.2 Å². The summed E-state index contributed by atoms with van der Waals surface area (Å²) in [6.45, 7) is 4.56. The van der Waals surface area contributed by atoms with Crippen molar-refractivity contribution in [3.63, 3.8) is 0 Å². The summed E-state index contributed by atoms with van der Waals surface area (Å²) in [4.78, 5) is 4.30. The zero-order valence-electron chi connectivity index (χ0n) is 12.2. The van der Waals surface area contributed by atoms with Crippen molar-refractivity contribution in [2.24, 2.45) is 0 Å². The van der Waals surface area contributed by atoms with Crippen LogP contribution in [0.15, 0.2) is 30.5 Å². The Labute approximate surface area is 119 Å². The number of fused-ring (bicyclic) bond motifs is 1. The number of benzene rings is 1. The molecule has 0 radical (unpaired) electrons. The SMILES string of the molecule is COC(C)(C)CCOc1ncc(CO)c2ccccc12. The van der Waals surface area contributed by atoms with E-state index >= 15 is 0 Å². The molecule has 0 saturated carbocycles. The maximum absolute atomic E-state index is 9.34. The van der Waals surface area contributed by atoms with Crippen LogP contribution in [0.5, 0.6) is 5.88 Å². The molecule has 4 heteroatoms. The summed E-state index contributed by atoms with van der Waals surface area (Å²) >= 11 is 0. The van der Waals surface area contributed by atoms with E-state index in [1.165, 1.54) is 0 Å². The van der Waals surface area contributed by atoms with Crippen LogP contribution in [0.3, 0.4) is 0 Å². The predicted molar refractivity (Wildman–Crippen MR) is 78.9 cm³/mol. The highest BCUT2D eigenvalue weighted by Gasteiger charge is 2.16. The molecule has 0 aliphatic heterocycles. The number of methoxy groups -OCH3 is 1. The highest BCUT2D eigenvalue weighted by Crippen LogP contribution is 2.26. The van der Waals surface area contributed by atoms with Crippen LogP contribution in [0, 0.1) is 0 Å². The van der Waals surface area contributed by atoms with Crippen molar-refractivity contribution in [1.82, 2.24) is 4.98 Å². The Morgan fingerprint density at radius 1 is 1.20 bits per heavy atom. The topological polar surface area (TPSA) is 51.6 Å². The highest BCUT2D eigenvalue weighted by atomic mass is 16.5. The number of ether oxygens (including phenoxy) is 2. The summed E-state index contributed by atoms with van der Waals surface area (Å²) < 4.78 is 11.1. The molecule has 0 fully saturated rings. The molecule has 108 valence electrons. The van der Waals surface area contributed by atoms with Gasteiger partial charge in [0.25, 0.3) is 0 Å². The van der Waals surface area contributed by atoms with E-state index in [4.69, 9.17) is 9.47 Å². The molecule has 2 aromatic rings. The second-order valence-electron chi connectivity index (χ2n) is 5.35. The molecule has 20 heavy (non-hydrogen) atoms. The van der Waals surface area contributed by atoms with E-state index in [2.05, 4.69) is 4.98 Å². The number of hydrogen-bond acceptors (Lipinski definition) is 4. The Balaban J connectivity index is 2.19. The molecule has 2 rings (SSSR count). The molecule has 0 bridgehead atoms. The van der Waals surface area contributed by atoms with Crippen LogP contribution in [-0.4, -0.2) is 29.4 Å². The third kappa shape index (κ3) is 3.26. The van der Waals surface area contributed by atoms with Crippen LogP contribution in [0.1, 0.15) is 25.8 Å². The minimum atomic E-state index is -0.207. The lowest BCUT2D eigenvalue weighted by Gasteiger charge is -2.22. The molecule has 4 nitrogen and oxygen atoms in total. The number of aromatic nitrogens is 1. The van der Waals surface area contributed by atoms with Gasteiger partial charge in [-0.25, -0.2) is 4.98 Å². The number of rotatable bonds is 6. The van der Waals surface area contributed by atoms with E-state index in [9.17, 15) is 5.11 Å². The fraction of sp³-hybridized carbons (Fsp3) is 0.438. The molecule has 1 aromatic heterocycles. The summed E-state index contributed by atoms with van der Waals surface area (Å²) in [5.41, 5.74) is 0.603. The van der Waals surface area contributed by atoms with Gasteiger partial charge in [0.1, 0.15) is 0 Å². The average Bonchev–Trinajstić information content (AvgIpc) is 2.47. The number of aliphatic hydroxyl groups is 1. The molecule has 0 saturated heterocycles. The van der Waals surface area contributed by atoms with Gasteiger partial charge in [-0.3, -0.25) is 0 Å².